The largest absolute Gasteiger partial charge is 0.325 e. The minimum atomic E-state index is -0.208. The van der Waals surface area contributed by atoms with E-state index >= 15 is 0 Å². The summed E-state index contributed by atoms with van der Waals surface area (Å²) in [6, 6.07) is 4.72. The van der Waals surface area contributed by atoms with Crippen LogP contribution in [0, 0.1) is 17.3 Å². The van der Waals surface area contributed by atoms with Crippen LogP contribution in [0.2, 0.25) is 0 Å². The molecule has 4 saturated carbocycles. The van der Waals surface area contributed by atoms with Gasteiger partial charge in [0.1, 0.15) is 0 Å². The van der Waals surface area contributed by atoms with E-state index in [0.29, 0.717) is 11.8 Å². The van der Waals surface area contributed by atoms with Crippen molar-refractivity contribution < 1.29 is 4.79 Å². The van der Waals surface area contributed by atoms with Gasteiger partial charge in [0, 0.05) is 10.0 Å². The number of hydrogen-bond acceptors (Lipinski definition) is 1. The minimum Gasteiger partial charge on any atom is -0.325 e. The maximum absolute atomic E-state index is 14.1. The zero-order valence-electron chi connectivity index (χ0n) is 21.8. The molecule has 4 aliphatic carbocycles. The van der Waals surface area contributed by atoms with E-state index in [2.05, 4.69) is 95.7 Å². The zero-order chi connectivity index (χ0) is 23.9. The van der Waals surface area contributed by atoms with E-state index in [1.807, 2.05) is 0 Å². The molecule has 1 amide bonds. The van der Waals surface area contributed by atoms with Crippen LogP contribution < -0.4 is 5.32 Å². The van der Waals surface area contributed by atoms with Crippen LogP contribution in [0.5, 0.6) is 0 Å². The number of alkyl halides is 1. The number of anilines is 1. The lowest BCUT2D eigenvalue weighted by atomic mass is 9.49. The average molecular weight is 503 g/mol. The van der Waals surface area contributed by atoms with Crippen LogP contribution in [0.1, 0.15) is 118 Å². The Labute approximate surface area is 204 Å². The van der Waals surface area contributed by atoms with Gasteiger partial charge in [-0.05, 0) is 83.3 Å². The number of carbonyl (C=O) groups is 1. The summed E-state index contributed by atoms with van der Waals surface area (Å²) < 4.78 is 0.185. The Morgan fingerprint density at radius 1 is 0.844 bits per heavy atom. The first-order valence-electron chi connectivity index (χ1n) is 12.6. The van der Waals surface area contributed by atoms with Gasteiger partial charge in [0.05, 0.1) is 5.41 Å². The lowest BCUT2D eigenvalue weighted by Gasteiger charge is -2.59. The molecule has 4 aliphatic rings. The van der Waals surface area contributed by atoms with Crippen molar-refractivity contribution in [1.82, 2.24) is 0 Å². The molecule has 32 heavy (non-hydrogen) atoms. The van der Waals surface area contributed by atoms with Gasteiger partial charge in [-0.3, -0.25) is 4.79 Å². The van der Waals surface area contributed by atoms with Gasteiger partial charge < -0.3 is 5.32 Å². The monoisotopic (exact) mass is 501 g/mol. The van der Waals surface area contributed by atoms with Crippen LogP contribution in [0.4, 0.5) is 5.69 Å². The molecule has 1 aromatic carbocycles. The molecule has 2 nitrogen and oxygen atoms in total. The van der Waals surface area contributed by atoms with Crippen molar-refractivity contribution in [3.05, 3.63) is 28.8 Å². The fraction of sp³-hybridized carbons (Fsp3) is 0.759. The predicted molar refractivity (Wildman–Crippen MR) is 140 cm³/mol. The molecule has 0 spiro atoms. The fourth-order valence-corrected chi connectivity index (χ4v) is 8.51. The molecular formula is C29H44BrNO. The third kappa shape index (κ3) is 4.32. The summed E-state index contributed by atoms with van der Waals surface area (Å²) in [6.45, 7) is 20.5. The maximum Gasteiger partial charge on any atom is 0.230 e. The summed E-state index contributed by atoms with van der Waals surface area (Å²) in [5.41, 5.74) is 4.69. The van der Waals surface area contributed by atoms with Gasteiger partial charge >= 0.3 is 0 Å². The summed E-state index contributed by atoms with van der Waals surface area (Å²) >= 11 is 4.09. The van der Waals surface area contributed by atoms with Crippen LogP contribution in [-0.2, 0) is 21.0 Å². The first-order chi connectivity index (χ1) is 14.4. The highest BCUT2D eigenvalue weighted by Gasteiger charge is 2.60. The molecule has 2 atom stereocenters. The number of benzene rings is 1. The Hall–Kier alpha value is -0.830. The average Bonchev–Trinajstić information content (AvgIpc) is 2.56. The van der Waals surface area contributed by atoms with Crippen LogP contribution in [0.25, 0.3) is 0 Å². The van der Waals surface area contributed by atoms with Crippen LogP contribution in [0.3, 0.4) is 0 Å². The molecule has 1 N–H and O–H groups in total. The quantitative estimate of drug-likeness (QED) is 0.405. The standard InChI is InChI=1S/C29H44BrNO/c1-25(2,3)20-11-21(26(4,5)6)23(22(12-20)27(7,8)9)31-24(32)28-13-18-10-19(14-28)16-29(30,15-18)17-28/h11-12,18-19H,10,13-17H2,1-9H3,(H,31,32). The van der Waals surface area contributed by atoms with E-state index in [-0.39, 0.29) is 31.9 Å². The topological polar surface area (TPSA) is 29.1 Å². The Bertz CT molecular complexity index is 875. The first kappa shape index (κ1) is 24.3. The Balaban J connectivity index is 1.80. The second kappa shape index (κ2) is 7.33. The smallest absolute Gasteiger partial charge is 0.230 e. The van der Waals surface area contributed by atoms with Gasteiger partial charge in [0.15, 0.2) is 0 Å². The number of halogens is 1. The van der Waals surface area contributed by atoms with Crippen molar-refractivity contribution in [3.8, 4) is 0 Å². The SMILES string of the molecule is CC(C)(C)c1cc(C(C)(C)C)c(NC(=O)C23CC4CC(CC(Br)(C4)C2)C3)c(C(C)(C)C)c1. The van der Waals surface area contributed by atoms with Gasteiger partial charge in [0.25, 0.3) is 0 Å². The maximum atomic E-state index is 14.1. The summed E-state index contributed by atoms with van der Waals surface area (Å²) in [6.07, 6.45) is 6.95. The summed E-state index contributed by atoms with van der Waals surface area (Å²) in [4.78, 5) is 14.1. The van der Waals surface area contributed by atoms with Crippen LogP contribution in [-0.4, -0.2) is 10.2 Å². The molecule has 0 radical (unpaired) electrons. The number of nitrogens with one attached hydrogen (secondary N) is 1. The summed E-state index contributed by atoms with van der Waals surface area (Å²) in [5.74, 6) is 1.68. The summed E-state index contributed by atoms with van der Waals surface area (Å²) in [7, 11) is 0. The molecule has 3 heteroatoms. The second-order valence-electron chi connectivity index (χ2n) is 14.5. The van der Waals surface area contributed by atoms with Crippen molar-refractivity contribution in [2.75, 3.05) is 5.32 Å². The van der Waals surface area contributed by atoms with Crippen molar-refractivity contribution in [2.45, 2.75) is 121 Å². The molecule has 4 bridgehead atoms. The number of carbonyl (C=O) groups excluding carboxylic acids is 1. The molecule has 0 aromatic heterocycles. The van der Waals surface area contributed by atoms with E-state index in [1.54, 1.807) is 0 Å². The molecule has 2 unspecified atom stereocenters. The first-order valence-corrected chi connectivity index (χ1v) is 13.4. The molecule has 1 aromatic rings. The Morgan fingerprint density at radius 3 is 1.69 bits per heavy atom. The molecule has 0 aliphatic heterocycles. The molecule has 4 fully saturated rings. The molecule has 0 heterocycles. The van der Waals surface area contributed by atoms with Crippen molar-refractivity contribution >= 4 is 27.5 Å². The van der Waals surface area contributed by atoms with E-state index in [0.717, 1.165) is 24.9 Å². The van der Waals surface area contributed by atoms with Gasteiger partial charge in [-0.15, -0.1) is 0 Å². The van der Waals surface area contributed by atoms with Gasteiger partial charge in [-0.1, -0.05) is 90.4 Å². The molecule has 5 rings (SSSR count). The fourth-order valence-electron chi connectivity index (χ4n) is 7.06. The Kier molecular flexibility index (Phi) is 5.57. The van der Waals surface area contributed by atoms with Gasteiger partial charge in [-0.25, -0.2) is 0 Å². The van der Waals surface area contributed by atoms with Crippen LogP contribution in [0.15, 0.2) is 12.1 Å². The highest BCUT2D eigenvalue weighted by Crippen LogP contribution is 2.64. The highest BCUT2D eigenvalue weighted by atomic mass is 79.9. The lowest BCUT2D eigenvalue weighted by molar-refractivity contribution is -0.138. The third-order valence-electron chi connectivity index (χ3n) is 8.33. The molecule has 0 saturated heterocycles. The minimum absolute atomic E-state index is 0.0536. The number of amides is 1. The van der Waals surface area contributed by atoms with Crippen molar-refractivity contribution in [1.29, 1.82) is 0 Å². The predicted octanol–water partition coefficient (Wildman–Crippen LogP) is 8.25. The normalized spacial score (nSPS) is 32.3. The summed E-state index contributed by atoms with van der Waals surface area (Å²) in [5, 5.41) is 3.59. The van der Waals surface area contributed by atoms with Gasteiger partial charge in [0.2, 0.25) is 5.91 Å². The third-order valence-corrected chi connectivity index (χ3v) is 9.26. The zero-order valence-corrected chi connectivity index (χ0v) is 23.4. The second-order valence-corrected chi connectivity index (χ2v) is 16.2. The number of hydrogen-bond donors (Lipinski definition) is 1. The van der Waals surface area contributed by atoms with E-state index in [9.17, 15) is 4.79 Å². The van der Waals surface area contributed by atoms with Crippen LogP contribution >= 0.6 is 15.9 Å². The van der Waals surface area contributed by atoms with Crippen molar-refractivity contribution in [2.24, 2.45) is 17.3 Å². The highest BCUT2D eigenvalue weighted by molar-refractivity contribution is 9.10. The molecule has 178 valence electrons. The van der Waals surface area contributed by atoms with Crippen molar-refractivity contribution in [3.63, 3.8) is 0 Å². The van der Waals surface area contributed by atoms with E-state index in [1.165, 1.54) is 36.0 Å². The number of rotatable bonds is 2. The Morgan fingerprint density at radius 2 is 1.31 bits per heavy atom. The van der Waals surface area contributed by atoms with Gasteiger partial charge in [-0.2, -0.15) is 0 Å². The molecular weight excluding hydrogens is 458 g/mol. The van der Waals surface area contributed by atoms with E-state index in [4.69, 9.17) is 0 Å². The van der Waals surface area contributed by atoms with E-state index < -0.39 is 0 Å². The lowest BCUT2D eigenvalue weighted by Crippen LogP contribution is -2.57.